The van der Waals surface area contributed by atoms with Crippen molar-refractivity contribution in [3.63, 3.8) is 0 Å². The number of nitrogens with two attached hydrogens (primary N) is 3. The van der Waals surface area contributed by atoms with Gasteiger partial charge >= 0.3 is 11.9 Å². The highest BCUT2D eigenvalue weighted by molar-refractivity contribution is 7.80. The number of unbranched alkanes of at least 4 members (excludes halogenated alkanes) is 1. The maximum Gasteiger partial charge on any atom is 0.326 e. The topological polar surface area (TPSA) is 492 Å². The van der Waals surface area contributed by atoms with E-state index in [2.05, 4.69) is 60.5 Å². The summed E-state index contributed by atoms with van der Waals surface area (Å²) >= 11 is 4.10. The Kier molecular flexibility index (Phi) is 30.8. The molecule has 0 heterocycles. The van der Waals surface area contributed by atoms with Gasteiger partial charge in [0.25, 0.3) is 0 Å². The van der Waals surface area contributed by atoms with E-state index in [1.165, 1.54) is 20.8 Å². The fraction of sp³-hybridized carbons (Fsp3) is 0.538. The average molecular weight is 1180 g/mol. The molecule has 2 aromatic rings. The number of hydrogen-bond donors (Lipinski definition) is 18. The molecular formula is C52H78N12O17S. The molecule has 0 aliphatic carbocycles. The van der Waals surface area contributed by atoms with Crippen LogP contribution in [0.3, 0.4) is 0 Å². The van der Waals surface area contributed by atoms with E-state index < -0.39 is 181 Å². The van der Waals surface area contributed by atoms with Gasteiger partial charge in [0.2, 0.25) is 59.1 Å². The summed E-state index contributed by atoms with van der Waals surface area (Å²) in [5.41, 5.74) is 17.4. The Morgan fingerprint density at radius 3 is 1.35 bits per heavy atom. The molecule has 10 amide bonds. The van der Waals surface area contributed by atoms with E-state index in [-0.39, 0.29) is 25.8 Å². The van der Waals surface area contributed by atoms with Gasteiger partial charge in [-0.05, 0) is 63.1 Å². The third-order valence-electron chi connectivity index (χ3n) is 12.5. The second-order valence-electron chi connectivity index (χ2n) is 19.6. The zero-order valence-electron chi connectivity index (χ0n) is 45.9. The van der Waals surface area contributed by atoms with Crippen molar-refractivity contribution in [2.24, 2.45) is 23.1 Å². The van der Waals surface area contributed by atoms with Crippen LogP contribution in [0, 0.1) is 5.92 Å². The number of benzene rings is 2. The molecule has 2 rings (SSSR count). The molecule has 0 unspecified atom stereocenters. The van der Waals surface area contributed by atoms with Crippen LogP contribution in [-0.4, -0.2) is 188 Å². The number of carboxylic acids is 2. The van der Waals surface area contributed by atoms with Gasteiger partial charge in [-0.1, -0.05) is 74.5 Å². The highest BCUT2D eigenvalue weighted by Crippen LogP contribution is 2.12. The Labute approximate surface area is 478 Å². The number of carbonyl (C=O) groups excluding carboxylic acids is 10. The van der Waals surface area contributed by atoms with Crippen LogP contribution < -0.4 is 65.1 Å². The number of nitrogens with one attached hydrogen (secondary N) is 9. The molecule has 2 aromatic carbocycles. The molecule has 30 heteroatoms. The number of rotatable bonds is 37. The fourth-order valence-corrected chi connectivity index (χ4v) is 8.01. The summed E-state index contributed by atoms with van der Waals surface area (Å²) in [6.07, 6.45) is -4.81. The van der Waals surface area contributed by atoms with E-state index in [0.29, 0.717) is 24.0 Å². The van der Waals surface area contributed by atoms with E-state index in [0.717, 1.165) is 6.92 Å². The predicted molar refractivity (Wildman–Crippen MR) is 296 cm³/mol. The van der Waals surface area contributed by atoms with Gasteiger partial charge in [0.1, 0.15) is 60.4 Å². The van der Waals surface area contributed by atoms with Crippen molar-refractivity contribution < 1.29 is 83.1 Å². The van der Waals surface area contributed by atoms with E-state index in [9.17, 15) is 83.1 Å². The number of amides is 10. The van der Waals surface area contributed by atoms with E-state index >= 15 is 0 Å². The third kappa shape index (κ3) is 24.5. The Morgan fingerprint density at radius 2 is 0.902 bits per heavy atom. The highest BCUT2D eigenvalue weighted by atomic mass is 32.1. The number of hydrogen-bond acceptors (Lipinski definition) is 18. The van der Waals surface area contributed by atoms with Crippen molar-refractivity contribution in [1.29, 1.82) is 0 Å². The summed E-state index contributed by atoms with van der Waals surface area (Å²) < 4.78 is 0. The number of primary amides is 1. The second-order valence-corrected chi connectivity index (χ2v) is 20.0. The lowest BCUT2D eigenvalue weighted by atomic mass is 10.0. The van der Waals surface area contributed by atoms with Crippen LogP contribution in [0.2, 0.25) is 0 Å². The van der Waals surface area contributed by atoms with Crippen LogP contribution in [0.4, 0.5) is 0 Å². The van der Waals surface area contributed by atoms with Gasteiger partial charge in [0, 0.05) is 25.0 Å². The molecule has 0 fully saturated rings. The minimum absolute atomic E-state index is 0.0179. The van der Waals surface area contributed by atoms with Crippen LogP contribution in [0.5, 0.6) is 0 Å². The monoisotopic (exact) mass is 1170 g/mol. The molecule has 12 atom stereocenters. The molecule has 0 aromatic heterocycles. The number of carbonyl (C=O) groups is 12. The summed E-state index contributed by atoms with van der Waals surface area (Å²) in [5.74, 6) is -14.6. The lowest BCUT2D eigenvalue weighted by Crippen LogP contribution is -2.63. The van der Waals surface area contributed by atoms with Crippen molar-refractivity contribution in [3.8, 4) is 0 Å². The molecule has 0 aliphatic heterocycles. The van der Waals surface area contributed by atoms with Crippen molar-refractivity contribution in [1.82, 2.24) is 47.9 Å². The van der Waals surface area contributed by atoms with Gasteiger partial charge in [0.05, 0.1) is 25.2 Å². The zero-order chi connectivity index (χ0) is 61.8. The largest absolute Gasteiger partial charge is 0.481 e. The lowest BCUT2D eigenvalue weighted by Gasteiger charge is -2.29. The summed E-state index contributed by atoms with van der Waals surface area (Å²) in [7, 11) is 0. The third-order valence-corrected chi connectivity index (χ3v) is 12.8. The van der Waals surface area contributed by atoms with Crippen LogP contribution in [0.25, 0.3) is 0 Å². The smallest absolute Gasteiger partial charge is 0.326 e. The van der Waals surface area contributed by atoms with E-state index in [1.807, 2.05) is 0 Å². The lowest BCUT2D eigenvalue weighted by molar-refractivity contribution is -0.143. The highest BCUT2D eigenvalue weighted by Gasteiger charge is 2.37. The SMILES string of the molecule is CC(C)[C@H](NC(=O)[C@H](CO)NC(=O)[C@H](CCCCN)NC(=O)[C@@H](N)[C@@H](C)O)C(=O)N[C@@H](CCC(=O)O)C(=O)N[C@@H](Cc1ccccc1)C(=O)N[C@H](C(=O)N[C@@H](Cc1ccccc1)C(=O)N[C@@H](CS)C(=O)N[C@@H](CC(N)=O)C(=O)O)[C@@H](C)O. The molecule has 82 heavy (non-hydrogen) atoms. The Balaban J connectivity index is 2.46. The van der Waals surface area contributed by atoms with Gasteiger partial charge in [-0.2, -0.15) is 12.6 Å². The summed E-state index contributed by atoms with van der Waals surface area (Å²) in [4.78, 5) is 159. The molecule has 0 aliphatic rings. The number of thiol groups is 1. The quantitative estimate of drug-likeness (QED) is 0.0222. The summed E-state index contributed by atoms with van der Waals surface area (Å²) in [5, 5.41) is 71.5. The molecule has 0 saturated carbocycles. The maximum absolute atomic E-state index is 14.4. The van der Waals surface area contributed by atoms with Crippen molar-refractivity contribution in [2.75, 3.05) is 18.9 Å². The van der Waals surface area contributed by atoms with Crippen LogP contribution in [-0.2, 0) is 70.4 Å². The molecular weight excluding hydrogens is 1100 g/mol. The minimum atomic E-state index is -1.87. The molecule has 0 radical (unpaired) electrons. The summed E-state index contributed by atoms with van der Waals surface area (Å²) in [6, 6.07) is 0.139. The van der Waals surface area contributed by atoms with Gasteiger partial charge in [-0.3, -0.25) is 52.7 Å². The Morgan fingerprint density at radius 1 is 0.500 bits per heavy atom. The van der Waals surface area contributed by atoms with Gasteiger partial charge in [0.15, 0.2) is 0 Å². The molecule has 20 N–H and O–H groups in total. The van der Waals surface area contributed by atoms with Crippen LogP contribution in [0.15, 0.2) is 60.7 Å². The molecule has 454 valence electrons. The van der Waals surface area contributed by atoms with E-state index in [1.54, 1.807) is 60.7 Å². The molecule has 0 saturated heterocycles. The van der Waals surface area contributed by atoms with Gasteiger partial charge in [-0.25, -0.2) is 4.79 Å². The fourth-order valence-electron chi connectivity index (χ4n) is 7.75. The van der Waals surface area contributed by atoms with Crippen LogP contribution in [0.1, 0.15) is 77.3 Å². The molecule has 0 spiro atoms. The van der Waals surface area contributed by atoms with Gasteiger partial charge < -0.3 is 90.6 Å². The first-order valence-electron chi connectivity index (χ1n) is 26.2. The Hall–Kier alpha value is -7.77. The first-order valence-corrected chi connectivity index (χ1v) is 26.8. The minimum Gasteiger partial charge on any atom is -0.481 e. The van der Waals surface area contributed by atoms with Crippen molar-refractivity contribution in [3.05, 3.63) is 71.8 Å². The summed E-state index contributed by atoms with van der Waals surface area (Å²) in [6.45, 7) is 4.63. The van der Waals surface area contributed by atoms with Crippen molar-refractivity contribution >= 4 is 83.6 Å². The second kappa shape index (κ2) is 35.9. The van der Waals surface area contributed by atoms with Crippen LogP contribution >= 0.6 is 12.6 Å². The van der Waals surface area contributed by atoms with Crippen molar-refractivity contribution in [2.45, 2.75) is 152 Å². The maximum atomic E-state index is 14.4. The standard InChI is InChI=1S/C52H78N12O17S/c1-26(2)41(63-47(75)36(24-65)61-43(71)31(17-11-12-20-53)56-49(77)40(55)27(3)66)50(78)57-32(18-19-39(69)70)44(72)58-34(22-30-15-9-6-10-16-30)46(74)64-42(28(4)67)51(79)59-33(21-29-13-7-5-8-14-29)45(73)62-37(25-82)48(76)60-35(52(80)81)23-38(54)68/h5-10,13-16,26-28,31-37,40-42,65-67,82H,11-12,17-25,53,55H2,1-4H3,(H2,54,68)(H,56,77)(H,57,78)(H,58,72)(H,59,79)(H,60,76)(H,61,71)(H,62,73)(H,63,75)(H,64,74)(H,69,70)(H,80,81)/t27-,28-,31+,32+,33+,34+,35+,36+,37+,40+,41+,42+/m1/s1. The number of aliphatic hydroxyl groups excluding tert-OH is 3. The molecule has 0 bridgehead atoms. The first-order chi connectivity index (χ1) is 38.6. The number of aliphatic carboxylic acids is 2. The Bertz CT molecular complexity index is 2490. The number of carboxylic acid groups (broad SMARTS) is 2. The first kappa shape index (κ1) is 70.3. The van der Waals surface area contributed by atoms with Gasteiger partial charge in [-0.15, -0.1) is 0 Å². The predicted octanol–water partition coefficient (Wildman–Crippen LogP) is -5.54. The molecule has 29 nitrogen and oxygen atoms in total. The zero-order valence-corrected chi connectivity index (χ0v) is 46.8. The average Bonchev–Trinajstić information content (AvgIpc) is 3.41. The normalized spacial score (nSPS) is 15.5. The van der Waals surface area contributed by atoms with E-state index in [4.69, 9.17) is 17.2 Å². The number of aliphatic hydroxyl groups is 3.